The SMILES string of the molecule is O=C(Nc1ccc(Cn2cccn2)cc1)c1cc(COc2cccc(F)c2)ccn1. The molecule has 0 aliphatic carbocycles. The summed E-state index contributed by atoms with van der Waals surface area (Å²) in [5.74, 6) is -0.256. The van der Waals surface area contributed by atoms with Crippen molar-refractivity contribution in [1.29, 1.82) is 0 Å². The quantitative estimate of drug-likeness (QED) is 0.501. The number of nitrogens with one attached hydrogen (secondary N) is 1. The molecule has 7 heteroatoms. The van der Waals surface area contributed by atoms with E-state index in [1.54, 1.807) is 36.7 Å². The van der Waals surface area contributed by atoms with Crippen molar-refractivity contribution in [2.45, 2.75) is 13.2 Å². The molecule has 6 nitrogen and oxygen atoms in total. The number of rotatable bonds is 7. The zero-order chi connectivity index (χ0) is 20.8. The molecule has 0 spiro atoms. The largest absolute Gasteiger partial charge is 0.489 e. The molecule has 150 valence electrons. The smallest absolute Gasteiger partial charge is 0.274 e. The molecule has 0 saturated heterocycles. The number of nitrogens with zero attached hydrogens (tertiary/aromatic N) is 3. The molecule has 1 N–H and O–H groups in total. The Morgan fingerprint density at radius 1 is 1.00 bits per heavy atom. The number of pyridine rings is 1. The highest BCUT2D eigenvalue weighted by molar-refractivity contribution is 6.02. The Balaban J connectivity index is 1.36. The standard InChI is InChI=1S/C23H19FN4O2/c24-19-3-1-4-21(14-19)30-16-18-9-11-25-22(13-18)23(29)27-20-7-5-17(6-8-20)15-28-12-2-10-26-28/h1-14H,15-16H2,(H,27,29). The van der Waals surface area contributed by atoms with Crippen molar-refractivity contribution in [2.24, 2.45) is 0 Å². The predicted octanol–water partition coefficient (Wildman–Crippen LogP) is 4.30. The molecule has 2 aromatic heterocycles. The van der Waals surface area contributed by atoms with E-state index in [0.29, 0.717) is 18.0 Å². The lowest BCUT2D eigenvalue weighted by atomic mass is 10.2. The van der Waals surface area contributed by atoms with Gasteiger partial charge in [-0.3, -0.25) is 14.5 Å². The first-order chi connectivity index (χ1) is 14.7. The average molecular weight is 402 g/mol. The Bertz CT molecular complexity index is 1130. The number of aromatic nitrogens is 3. The van der Waals surface area contributed by atoms with Crippen molar-refractivity contribution in [2.75, 3.05) is 5.32 Å². The van der Waals surface area contributed by atoms with E-state index in [1.807, 2.05) is 41.2 Å². The zero-order valence-corrected chi connectivity index (χ0v) is 16.0. The first kappa shape index (κ1) is 19.3. The van der Waals surface area contributed by atoms with Gasteiger partial charge in [0.05, 0.1) is 6.54 Å². The molecule has 30 heavy (non-hydrogen) atoms. The Hall–Kier alpha value is -4.00. The summed E-state index contributed by atoms with van der Waals surface area (Å²) in [6, 6.07) is 18.8. The van der Waals surface area contributed by atoms with Crippen LogP contribution in [-0.4, -0.2) is 20.7 Å². The molecule has 0 aliphatic rings. The van der Waals surface area contributed by atoms with Gasteiger partial charge in [-0.15, -0.1) is 0 Å². The number of halogens is 1. The minimum Gasteiger partial charge on any atom is -0.489 e. The van der Waals surface area contributed by atoms with Crippen LogP contribution >= 0.6 is 0 Å². The first-order valence-electron chi connectivity index (χ1n) is 9.37. The lowest BCUT2D eigenvalue weighted by molar-refractivity contribution is 0.102. The lowest BCUT2D eigenvalue weighted by Gasteiger charge is -2.09. The van der Waals surface area contributed by atoms with Crippen LogP contribution in [0.3, 0.4) is 0 Å². The van der Waals surface area contributed by atoms with Gasteiger partial charge < -0.3 is 10.1 Å². The predicted molar refractivity (Wildman–Crippen MR) is 111 cm³/mol. The van der Waals surface area contributed by atoms with Gasteiger partial charge >= 0.3 is 0 Å². The molecule has 4 rings (SSSR count). The molecule has 0 radical (unpaired) electrons. The third-order valence-corrected chi connectivity index (χ3v) is 4.37. The van der Waals surface area contributed by atoms with Gasteiger partial charge in [-0.2, -0.15) is 5.10 Å². The van der Waals surface area contributed by atoms with Gasteiger partial charge in [0.25, 0.3) is 5.91 Å². The maximum atomic E-state index is 13.2. The molecular formula is C23H19FN4O2. The second-order valence-electron chi connectivity index (χ2n) is 6.65. The highest BCUT2D eigenvalue weighted by Crippen LogP contribution is 2.15. The van der Waals surface area contributed by atoms with Crippen molar-refractivity contribution in [1.82, 2.24) is 14.8 Å². The molecule has 0 atom stereocenters. The fourth-order valence-corrected chi connectivity index (χ4v) is 2.88. The minimum atomic E-state index is -0.363. The minimum absolute atomic E-state index is 0.203. The Morgan fingerprint density at radius 3 is 2.63 bits per heavy atom. The van der Waals surface area contributed by atoms with E-state index in [2.05, 4.69) is 15.4 Å². The fraction of sp³-hybridized carbons (Fsp3) is 0.0870. The summed E-state index contributed by atoms with van der Waals surface area (Å²) in [5.41, 5.74) is 2.78. The number of carbonyl (C=O) groups excluding carboxylic acids is 1. The molecule has 4 aromatic rings. The molecule has 0 fully saturated rings. The number of benzene rings is 2. The number of hydrogen-bond acceptors (Lipinski definition) is 4. The molecule has 2 heterocycles. The summed E-state index contributed by atoms with van der Waals surface area (Å²) < 4.78 is 20.6. The second-order valence-corrected chi connectivity index (χ2v) is 6.65. The van der Waals surface area contributed by atoms with E-state index in [0.717, 1.165) is 11.1 Å². The molecule has 0 unspecified atom stereocenters. The highest BCUT2D eigenvalue weighted by Gasteiger charge is 2.09. The van der Waals surface area contributed by atoms with E-state index >= 15 is 0 Å². The summed E-state index contributed by atoms with van der Waals surface area (Å²) in [4.78, 5) is 16.7. The number of hydrogen-bond donors (Lipinski definition) is 1. The zero-order valence-electron chi connectivity index (χ0n) is 16.0. The monoisotopic (exact) mass is 402 g/mol. The van der Waals surface area contributed by atoms with Gasteiger partial charge in [0.2, 0.25) is 0 Å². The molecule has 0 aliphatic heterocycles. The Kier molecular flexibility index (Phi) is 5.80. The maximum absolute atomic E-state index is 13.2. The van der Waals surface area contributed by atoms with Crippen LogP contribution in [0.4, 0.5) is 10.1 Å². The van der Waals surface area contributed by atoms with Crippen LogP contribution in [0.2, 0.25) is 0 Å². The van der Waals surface area contributed by atoms with Gasteiger partial charge in [-0.1, -0.05) is 18.2 Å². The summed E-state index contributed by atoms with van der Waals surface area (Å²) in [6.45, 7) is 0.866. The molecule has 2 aromatic carbocycles. The van der Waals surface area contributed by atoms with Gasteiger partial charge in [0, 0.05) is 30.3 Å². The van der Waals surface area contributed by atoms with Crippen LogP contribution in [0.25, 0.3) is 0 Å². The first-order valence-corrected chi connectivity index (χ1v) is 9.37. The van der Waals surface area contributed by atoms with Crippen LogP contribution in [0.15, 0.2) is 85.3 Å². The Labute approximate surface area is 173 Å². The molecule has 0 saturated carbocycles. The summed E-state index contributed by atoms with van der Waals surface area (Å²) in [5, 5.41) is 7.02. The number of amides is 1. The van der Waals surface area contributed by atoms with Crippen molar-refractivity contribution >= 4 is 11.6 Å². The van der Waals surface area contributed by atoms with Gasteiger partial charge in [-0.25, -0.2) is 4.39 Å². The molecule has 0 bridgehead atoms. The van der Waals surface area contributed by atoms with Gasteiger partial charge in [0.15, 0.2) is 0 Å². The third-order valence-electron chi connectivity index (χ3n) is 4.37. The summed E-state index contributed by atoms with van der Waals surface area (Å²) >= 11 is 0. The van der Waals surface area contributed by atoms with Crippen molar-refractivity contribution in [3.05, 3.63) is 108 Å². The Morgan fingerprint density at radius 2 is 1.87 bits per heavy atom. The van der Waals surface area contributed by atoms with Crippen molar-refractivity contribution in [3.8, 4) is 5.75 Å². The van der Waals surface area contributed by atoms with E-state index in [4.69, 9.17) is 4.74 Å². The maximum Gasteiger partial charge on any atom is 0.274 e. The van der Waals surface area contributed by atoms with Crippen LogP contribution in [-0.2, 0) is 13.2 Å². The van der Waals surface area contributed by atoms with E-state index in [9.17, 15) is 9.18 Å². The van der Waals surface area contributed by atoms with E-state index in [1.165, 1.54) is 12.1 Å². The topological polar surface area (TPSA) is 69.0 Å². The van der Waals surface area contributed by atoms with Crippen LogP contribution in [0.1, 0.15) is 21.6 Å². The van der Waals surface area contributed by atoms with E-state index in [-0.39, 0.29) is 24.0 Å². The number of ether oxygens (including phenoxy) is 1. The second kappa shape index (κ2) is 9.00. The van der Waals surface area contributed by atoms with Gasteiger partial charge in [-0.05, 0) is 53.6 Å². The van der Waals surface area contributed by atoms with Crippen molar-refractivity contribution < 1.29 is 13.9 Å². The van der Waals surface area contributed by atoms with E-state index < -0.39 is 0 Å². The third kappa shape index (κ3) is 5.08. The van der Waals surface area contributed by atoms with Crippen LogP contribution < -0.4 is 10.1 Å². The number of carbonyl (C=O) groups is 1. The molecule has 1 amide bonds. The molecular weight excluding hydrogens is 383 g/mol. The van der Waals surface area contributed by atoms with Gasteiger partial charge in [0.1, 0.15) is 23.9 Å². The average Bonchev–Trinajstić information content (AvgIpc) is 3.27. The lowest BCUT2D eigenvalue weighted by Crippen LogP contribution is -2.14. The summed E-state index contributed by atoms with van der Waals surface area (Å²) in [7, 11) is 0. The van der Waals surface area contributed by atoms with Crippen LogP contribution in [0.5, 0.6) is 5.75 Å². The number of anilines is 1. The normalized spacial score (nSPS) is 10.6. The fourth-order valence-electron chi connectivity index (χ4n) is 2.88. The van der Waals surface area contributed by atoms with Crippen molar-refractivity contribution in [3.63, 3.8) is 0 Å². The van der Waals surface area contributed by atoms with Crippen LogP contribution in [0, 0.1) is 5.82 Å². The summed E-state index contributed by atoms with van der Waals surface area (Å²) in [6.07, 6.45) is 5.18. The highest BCUT2D eigenvalue weighted by atomic mass is 19.1.